The molecule has 1 heterocycles. The van der Waals surface area contributed by atoms with Crippen LogP contribution in [0.5, 0.6) is 0 Å². The molecule has 1 aliphatic heterocycles. The van der Waals surface area contributed by atoms with Crippen LogP contribution in [0, 0.1) is 0 Å². The molecule has 0 N–H and O–H groups in total. The summed E-state index contributed by atoms with van der Waals surface area (Å²) in [5, 5.41) is 10.1. The minimum absolute atomic E-state index is 0.571. The van der Waals surface area contributed by atoms with Crippen molar-refractivity contribution in [1.29, 1.82) is 0 Å². The first kappa shape index (κ1) is 6.26. The molecule has 0 fully saturated rings. The van der Waals surface area contributed by atoms with Crippen molar-refractivity contribution >= 4 is 12.2 Å². The fourth-order valence-corrected chi connectivity index (χ4v) is 0.858. The third kappa shape index (κ3) is 1.52. The van der Waals surface area contributed by atoms with Gasteiger partial charge in [0.15, 0.2) is 0 Å². The Morgan fingerprint density at radius 3 is 2.89 bits per heavy atom. The van der Waals surface area contributed by atoms with Crippen molar-refractivity contribution in [2.45, 2.75) is 25.3 Å². The van der Waals surface area contributed by atoms with Crippen LogP contribution in [0.3, 0.4) is 0 Å². The number of carboxylic acids is 1. The van der Waals surface area contributed by atoms with E-state index in [1.54, 1.807) is 6.21 Å². The standard InChI is InChI=1S/C6H9NO2/c8-6(9)5-3-1-2-4-7-5/h4-5H,1-3H2,(H,8,9)/p-1. The maximum Gasteiger partial charge on any atom is 0.0889 e. The lowest BCUT2D eigenvalue weighted by Crippen LogP contribution is -2.35. The number of rotatable bonds is 1. The van der Waals surface area contributed by atoms with Crippen LogP contribution in [0.1, 0.15) is 19.3 Å². The Hall–Kier alpha value is -0.860. The van der Waals surface area contributed by atoms with Crippen molar-refractivity contribution in [2.24, 2.45) is 4.99 Å². The second kappa shape index (κ2) is 2.62. The molecule has 1 unspecified atom stereocenters. The van der Waals surface area contributed by atoms with Crippen LogP contribution in [0.4, 0.5) is 0 Å². The fourth-order valence-electron chi connectivity index (χ4n) is 0.858. The summed E-state index contributed by atoms with van der Waals surface area (Å²) in [6.45, 7) is 0. The maximum absolute atomic E-state index is 10.1. The van der Waals surface area contributed by atoms with E-state index < -0.39 is 12.0 Å². The van der Waals surface area contributed by atoms with Gasteiger partial charge in [-0.1, -0.05) is 0 Å². The molecule has 0 amide bonds. The van der Waals surface area contributed by atoms with Gasteiger partial charge in [-0.15, -0.1) is 0 Å². The van der Waals surface area contributed by atoms with E-state index in [0.29, 0.717) is 6.42 Å². The zero-order valence-electron chi connectivity index (χ0n) is 5.04. The summed E-state index contributed by atoms with van der Waals surface area (Å²) in [5.41, 5.74) is 0. The number of carboxylic acid groups (broad SMARTS) is 1. The van der Waals surface area contributed by atoms with Crippen LogP contribution in [-0.4, -0.2) is 18.2 Å². The molecule has 0 saturated carbocycles. The van der Waals surface area contributed by atoms with Crippen LogP contribution < -0.4 is 5.11 Å². The van der Waals surface area contributed by atoms with E-state index in [4.69, 9.17) is 0 Å². The number of nitrogens with zero attached hydrogens (tertiary/aromatic N) is 1. The highest BCUT2D eigenvalue weighted by Gasteiger charge is 2.08. The Bertz CT molecular complexity index is 142. The van der Waals surface area contributed by atoms with Gasteiger partial charge in [0.05, 0.1) is 12.0 Å². The summed E-state index contributed by atoms with van der Waals surface area (Å²) < 4.78 is 0. The Morgan fingerprint density at radius 2 is 2.56 bits per heavy atom. The van der Waals surface area contributed by atoms with Crippen LogP contribution in [0.25, 0.3) is 0 Å². The van der Waals surface area contributed by atoms with Crippen molar-refractivity contribution in [3.63, 3.8) is 0 Å². The van der Waals surface area contributed by atoms with Crippen molar-refractivity contribution in [1.82, 2.24) is 0 Å². The molecule has 1 aliphatic rings. The zero-order chi connectivity index (χ0) is 6.69. The van der Waals surface area contributed by atoms with Crippen LogP contribution in [0.15, 0.2) is 4.99 Å². The first-order chi connectivity index (χ1) is 4.30. The zero-order valence-corrected chi connectivity index (χ0v) is 5.04. The topological polar surface area (TPSA) is 52.5 Å². The molecule has 1 atom stereocenters. The predicted octanol–water partition coefficient (Wildman–Crippen LogP) is -0.640. The van der Waals surface area contributed by atoms with Gasteiger partial charge < -0.3 is 9.90 Å². The molecule has 0 aromatic carbocycles. The van der Waals surface area contributed by atoms with Gasteiger partial charge in [0, 0.05) is 0 Å². The molecule has 3 heteroatoms. The van der Waals surface area contributed by atoms with Crippen molar-refractivity contribution in [3.8, 4) is 0 Å². The highest BCUT2D eigenvalue weighted by molar-refractivity contribution is 5.75. The monoisotopic (exact) mass is 126 g/mol. The molecule has 3 nitrogen and oxygen atoms in total. The van der Waals surface area contributed by atoms with E-state index >= 15 is 0 Å². The van der Waals surface area contributed by atoms with Gasteiger partial charge in [-0.2, -0.15) is 0 Å². The normalized spacial score (nSPS) is 26.0. The van der Waals surface area contributed by atoms with Gasteiger partial charge in [-0.05, 0) is 25.5 Å². The highest BCUT2D eigenvalue weighted by Crippen LogP contribution is 2.07. The predicted molar refractivity (Wildman–Crippen MR) is 31.1 cm³/mol. The Labute approximate surface area is 53.4 Å². The fraction of sp³-hybridized carbons (Fsp3) is 0.667. The summed E-state index contributed by atoms with van der Waals surface area (Å²) in [6.07, 6.45) is 4.12. The molecule has 0 saturated heterocycles. The van der Waals surface area contributed by atoms with Gasteiger partial charge in [0.1, 0.15) is 0 Å². The van der Waals surface area contributed by atoms with Gasteiger partial charge >= 0.3 is 0 Å². The molecule has 0 aromatic heterocycles. The van der Waals surface area contributed by atoms with Crippen molar-refractivity contribution in [3.05, 3.63) is 0 Å². The Morgan fingerprint density at radius 1 is 1.78 bits per heavy atom. The first-order valence-electron chi connectivity index (χ1n) is 3.03. The van der Waals surface area contributed by atoms with Crippen LogP contribution >= 0.6 is 0 Å². The molecular formula is C6H8NO2-. The Kier molecular flexibility index (Phi) is 1.82. The van der Waals surface area contributed by atoms with Crippen LogP contribution in [-0.2, 0) is 4.79 Å². The van der Waals surface area contributed by atoms with Gasteiger partial charge in [0.2, 0.25) is 0 Å². The first-order valence-corrected chi connectivity index (χ1v) is 3.03. The molecule has 50 valence electrons. The van der Waals surface area contributed by atoms with E-state index in [2.05, 4.69) is 4.99 Å². The molecule has 0 spiro atoms. The number of carbonyl (C=O) groups excluding carboxylic acids is 1. The molecule has 0 aliphatic carbocycles. The number of hydrogen-bond donors (Lipinski definition) is 0. The van der Waals surface area contributed by atoms with E-state index in [1.807, 2.05) is 0 Å². The number of aliphatic imine (C=N–C) groups is 1. The van der Waals surface area contributed by atoms with E-state index in [9.17, 15) is 9.90 Å². The second-order valence-electron chi connectivity index (χ2n) is 2.10. The summed E-state index contributed by atoms with van der Waals surface area (Å²) in [6, 6.07) is -0.571. The summed E-state index contributed by atoms with van der Waals surface area (Å²) in [5.74, 6) is -1.05. The van der Waals surface area contributed by atoms with E-state index in [-0.39, 0.29) is 0 Å². The smallest absolute Gasteiger partial charge is 0.0889 e. The highest BCUT2D eigenvalue weighted by atomic mass is 16.4. The average molecular weight is 126 g/mol. The maximum atomic E-state index is 10.1. The number of aliphatic carboxylic acids is 1. The van der Waals surface area contributed by atoms with Crippen LogP contribution in [0.2, 0.25) is 0 Å². The number of hydrogen-bond acceptors (Lipinski definition) is 3. The molecule has 0 bridgehead atoms. The summed E-state index contributed by atoms with van der Waals surface area (Å²) in [4.78, 5) is 13.9. The third-order valence-electron chi connectivity index (χ3n) is 1.37. The minimum atomic E-state index is -1.05. The average Bonchev–Trinajstić information content (AvgIpc) is 1.90. The van der Waals surface area contributed by atoms with Crippen molar-refractivity contribution < 1.29 is 9.90 Å². The van der Waals surface area contributed by atoms with Gasteiger partial charge in [-0.3, -0.25) is 4.99 Å². The molecule has 9 heavy (non-hydrogen) atoms. The van der Waals surface area contributed by atoms with Crippen molar-refractivity contribution in [2.75, 3.05) is 0 Å². The lowest BCUT2D eigenvalue weighted by atomic mass is 10.1. The van der Waals surface area contributed by atoms with E-state index in [0.717, 1.165) is 12.8 Å². The SMILES string of the molecule is O=C([O-])C1CCCC=N1. The lowest BCUT2D eigenvalue weighted by molar-refractivity contribution is -0.307. The molecular weight excluding hydrogens is 118 g/mol. The quantitative estimate of drug-likeness (QED) is 0.469. The molecule has 0 radical (unpaired) electrons. The summed E-state index contributed by atoms with van der Waals surface area (Å²) in [7, 11) is 0. The lowest BCUT2D eigenvalue weighted by Gasteiger charge is -2.15. The minimum Gasteiger partial charge on any atom is -0.548 e. The van der Waals surface area contributed by atoms with Gasteiger partial charge in [0.25, 0.3) is 0 Å². The third-order valence-corrected chi connectivity index (χ3v) is 1.37. The summed E-state index contributed by atoms with van der Waals surface area (Å²) >= 11 is 0. The van der Waals surface area contributed by atoms with Gasteiger partial charge in [-0.25, -0.2) is 0 Å². The number of carbonyl (C=O) groups is 1. The molecule has 1 rings (SSSR count). The largest absolute Gasteiger partial charge is 0.548 e. The van der Waals surface area contributed by atoms with E-state index in [1.165, 1.54) is 0 Å². The molecule has 0 aromatic rings. The second-order valence-corrected chi connectivity index (χ2v) is 2.10. The Balaban J connectivity index is 2.50.